The Morgan fingerprint density at radius 2 is 1.98 bits per heavy atom. The summed E-state index contributed by atoms with van der Waals surface area (Å²) in [6.45, 7) is 6.09. The van der Waals surface area contributed by atoms with Gasteiger partial charge in [0, 0.05) is 60.7 Å². The topological polar surface area (TPSA) is 87.5 Å². The molecule has 1 aliphatic carbocycles. The fourth-order valence-electron chi connectivity index (χ4n) is 5.25. The Labute approximate surface area is 254 Å². The van der Waals surface area contributed by atoms with Crippen molar-refractivity contribution < 1.29 is 9.53 Å². The monoisotopic (exact) mass is 581 g/mol. The van der Waals surface area contributed by atoms with Crippen LogP contribution in [0.2, 0.25) is 0 Å². The maximum Gasteiger partial charge on any atom is 0.247 e. The minimum absolute atomic E-state index is 0.281. The summed E-state index contributed by atoms with van der Waals surface area (Å²) in [5.74, 6) is 1.70. The van der Waals surface area contributed by atoms with E-state index in [0.717, 1.165) is 47.6 Å². The summed E-state index contributed by atoms with van der Waals surface area (Å²) < 4.78 is 8.61. The van der Waals surface area contributed by atoms with Crippen LogP contribution in [-0.2, 0) is 11.8 Å². The van der Waals surface area contributed by atoms with Gasteiger partial charge >= 0.3 is 0 Å². The van der Waals surface area contributed by atoms with Crippen LogP contribution in [0.3, 0.4) is 0 Å². The van der Waals surface area contributed by atoms with Gasteiger partial charge < -0.3 is 24.8 Å². The number of aromatic nitrogens is 3. The minimum atomic E-state index is -0.281. The van der Waals surface area contributed by atoms with Crippen molar-refractivity contribution in [1.29, 1.82) is 0 Å². The predicted octanol–water partition coefficient (Wildman–Crippen LogP) is 5.93. The third kappa shape index (κ3) is 8.00. The SMILES string of the molecule is C=CC(=O)Nc1ccc(OCC(CCC2CC2)N(C)CCN(C)C)c(Nc2nccc(-c3cn(C)c4ccccc34)n2)c1. The first kappa shape index (κ1) is 30.3. The number of anilines is 3. The van der Waals surface area contributed by atoms with Crippen LogP contribution in [0.1, 0.15) is 25.7 Å². The second-order valence-electron chi connectivity index (χ2n) is 11.7. The highest BCUT2D eigenvalue weighted by Crippen LogP contribution is 2.35. The van der Waals surface area contributed by atoms with Gasteiger partial charge in [0.15, 0.2) is 0 Å². The summed E-state index contributed by atoms with van der Waals surface area (Å²) in [4.78, 5) is 26.1. The highest BCUT2D eigenvalue weighted by atomic mass is 16.5. The molecule has 1 saturated carbocycles. The molecular weight excluding hydrogens is 538 g/mol. The molecule has 1 aliphatic rings. The van der Waals surface area contributed by atoms with E-state index in [9.17, 15) is 4.79 Å². The van der Waals surface area contributed by atoms with Crippen molar-refractivity contribution in [2.24, 2.45) is 13.0 Å². The number of benzene rings is 2. The second kappa shape index (κ2) is 13.8. The summed E-state index contributed by atoms with van der Waals surface area (Å²) in [7, 11) is 8.43. The number of hydrogen-bond acceptors (Lipinski definition) is 7. The Balaban J connectivity index is 1.39. The molecule has 9 nitrogen and oxygen atoms in total. The predicted molar refractivity (Wildman–Crippen MR) is 175 cm³/mol. The molecule has 2 heterocycles. The fraction of sp³-hybridized carbons (Fsp3) is 0.382. The Bertz CT molecular complexity index is 1560. The third-order valence-electron chi connectivity index (χ3n) is 8.07. The van der Waals surface area contributed by atoms with Crippen molar-refractivity contribution in [1.82, 2.24) is 24.3 Å². The lowest BCUT2D eigenvalue weighted by molar-refractivity contribution is -0.111. The third-order valence-corrected chi connectivity index (χ3v) is 8.07. The van der Waals surface area contributed by atoms with E-state index in [1.807, 2.05) is 43.4 Å². The average Bonchev–Trinajstić information content (AvgIpc) is 3.78. The van der Waals surface area contributed by atoms with Crippen molar-refractivity contribution >= 4 is 34.1 Å². The summed E-state index contributed by atoms with van der Waals surface area (Å²) in [6, 6.07) is 16.0. The smallest absolute Gasteiger partial charge is 0.247 e. The summed E-state index contributed by atoms with van der Waals surface area (Å²) in [6.07, 6.45) is 10.1. The van der Waals surface area contributed by atoms with Gasteiger partial charge in [-0.2, -0.15) is 0 Å². The number of nitrogens with zero attached hydrogens (tertiary/aromatic N) is 5. The van der Waals surface area contributed by atoms with Crippen LogP contribution in [0.15, 0.2) is 73.6 Å². The minimum Gasteiger partial charge on any atom is -0.490 e. The molecular formula is C34H43N7O2. The first-order valence-corrected chi connectivity index (χ1v) is 15.0. The second-order valence-corrected chi connectivity index (χ2v) is 11.7. The highest BCUT2D eigenvalue weighted by molar-refractivity contribution is 5.99. The highest BCUT2D eigenvalue weighted by Gasteiger charge is 2.25. The molecule has 226 valence electrons. The van der Waals surface area contributed by atoms with Crippen molar-refractivity contribution in [3.05, 3.63) is 73.6 Å². The van der Waals surface area contributed by atoms with Gasteiger partial charge in [-0.3, -0.25) is 9.69 Å². The van der Waals surface area contributed by atoms with E-state index in [-0.39, 0.29) is 5.91 Å². The van der Waals surface area contributed by atoms with E-state index in [0.29, 0.717) is 35.7 Å². The molecule has 0 radical (unpaired) electrons. The van der Waals surface area contributed by atoms with E-state index < -0.39 is 0 Å². The van der Waals surface area contributed by atoms with Gasteiger partial charge in [0.1, 0.15) is 12.4 Å². The average molecular weight is 582 g/mol. The molecule has 43 heavy (non-hydrogen) atoms. The number of carbonyl (C=O) groups excluding carboxylic acids is 1. The molecule has 0 spiro atoms. The number of carbonyl (C=O) groups is 1. The van der Waals surface area contributed by atoms with Crippen LogP contribution in [0, 0.1) is 5.92 Å². The Hall–Kier alpha value is -4.21. The lowest BCUT2D eigenvalue weighted by atomic mass is 10.1. The molecule has 4 aromatic rings. The Morgan fingerprint density at radius 1 is 1.16 bits per heavy atom. The first-order chi connectivity index (χ1) is 20.8. The molecule has 1 amide bonds. The van der Waals surface area contributed by atoms with Gasteiger partial charge in [-0.1, -0.05) is 37.6 Å². The van der Waals surface area contributed by atoms with Gasteiger partial charge in [0.05, 0.1) is 11.4 Å². The van der Waals surface area contributed by atoms with Crippen molar-refractivity contribution in [3.63, 3.8) is 0 Å². The molecule has 9 heteroatoms. The zero-order valence-electron chi connectivity index (χ0n) is 25.7. The summed E-state index contributed by atoms with van der Waals surface area (Å²) in [5, 5.41) is 7.35. The lowest BCUT2D eigenvalue weighted by Gasteiger charge is -2.29. The maximum absolute atomic E-state index is 12.1. The van der Waals surface area contributed by atoms with Crippen LogP contribution in [0.5, 0.6) is 5.75 Å². The van der Waals surface area contributed by atoms with E-state index in [2.05, 4.69) is 76.0 Å². The zero-order valence-corrected chi connectivity index (χ0v) is 25.7. The van der Waals surface area contributed by atoms with E-state index in [1.54, 1.807) is 6.20 Å². The van der Waals surface area contributed by atoms with E-state index in [1.165, 1.54) is 25.3 Å². The number of likely N-dealkylation sites (N-methyl/N-ethyl adjacent to an activating group) is 2. The van der Waals surface area contributed by atoms with Crippen molar-refractivity contribution in [2.45, 2.75) is 31.7 Å². The zero-order chi connectivity index (χ0) is 30.3. The summed E-state index contributed by atoms with van der Waals surface area (Å²) in [5.41, 5.74) is 4.28. The number of fused-ring (bicyclic) bond motifs is 1. The number of amides is 1. The van der Waals surface area contributed by atoms with Gasteiger partial charge in [-0.05, 0) is 76.3 Å². The number of para-hydroxylation sites is 1. The van der Waals surface area contributed by atoms with E-state index in [4.69, 9.17) is 9.72 Å². The van der Waals surface area contributed by atoms with Gasteiger partial charge in [0.25, 0.3) is 0 Å². The number of ether oxygens (including phenoxy) is 1. The summed E-state index contributed by atoms with van der Waals surface area (Å²) >= 11 is 0. The Kier molecular flexibility index (Phi) is 9.74. The van der Waals surface area contributed by atoms with Crippen LogP contribution in [0.4, 0.5) is 17.3 Å². The van der Waals surface area contributed by atoms with Gasteiger partial charge in [0.2, 0.25) is 11.9 Å². The lowest BCUT2D eigenvalue weighted by Crippen LogP contribution is -2.40. The van der Waals surface area contributed by atoms with Gasteiger partial charge in [-0.25, -0.2) is 9.97 Å². The molecule has 2 aromatic heterocycles. The molecule has 0 aliphatic heterocycles. The molecule has 1 atom stereocenters. The number of aryl methyl sites for hydroxylation is 1. The maximum atomic E-state index is 12.1. The van der Waals surface area contributed by atoms with Crippen LogP contribution in [0.25, 0.3) is 22.2 Å². The number of nitrogens with one attached hydrogen (secondary N) is 2. The first-order valence-electron chi connectivity index (χ1n) is 15.0. The fourth-order valence-corrected chi connectivity index (χ4v) is 5.25. The number of rotatable bonds is 15. The largest absolute Gasteiger partial charge is 0.490 e. The molecule has 2 aromatic carbocycles. The standard InChI is InChI=1S/C34H43N7O2/c1-6-33(42)36-25-14-16-32(43-23-26(15-13-24-11-12-24)40(4)20-19-39(2)3)30(21-25)38-34-35-18-17-29(37-34)28-22-41(5)31-10-8-7-9-27(28)31/h6-10,14,16-18,21-22,24,26H,1,11-13,15,19-20,23H2,2-5H3,(H,36,42)(H,35,37,38). The quantitative estimate of drug-likeness (QED) is 0.168. The van der Waals surface area contributed by atoms with Crippen LogP contribution in [-0.4, -0.2) is 77.1 Å². The van der Waals surface area contributed by atoms with Gasteiger partial charge in [-0.15, -0.1) is 0 Å². The molecule has 1 unspecified atom stereocenters. The Morgan fingerprint density at radius 3 is 2.74 bits per heavy atom. The molecule has 1 fully saturated rings. The molecule has 0 saturated heterocycles. The molecule has 2 N–H and O–H groups in total. The molecule has 0 bridgehead atoms. The van der Waals surface area contributed by atoms with Crippen LogP contribution < -0.4 is 15.4 Å². The van der Waals surface area contributed by atoms with Crippen LogP contribution >= 0.6 is 0 Å². The van der Waals surface area contributed by atoms with Crippen molar-refractivity contribution in [2.75, 3.05) is 51.5 Å². The number of hydrogen-bond donors (Lipinski definition) is 2. The normalized spacial score (nSPS) is 13.8. The van der Waals surface area contributed by atoms with E-state index >= 15 is 0 Å². The molecule has 5 rings (SSSR count). The van der Waals surface area contributed by atoms with Crippen molar-refractivity contribution in [3.8, 4) is 17.0 Å².